The molecule has 0 radical (unpaired) electrons. The van der Waals surface area contributed by atoms with Gasteiger partial charge in [0.05, 0.1) is 4.88 Å². The molecule has 3 aromatic heterocycles. The minimum atomic E-state index is -0.361. The number of fused-ring (bicyclic) bond motifs is 1. The summed E-state index contributed by atoms with van der Waals surface area (Å²) in [7, 11) is 0. The van der Waals surface area contributed by atoms with E-state index < -0.39 is 0 Å². The van der Waals surface area contributed by atoms with Gasteiger partial charge in [-0.3, -0.25) is 0 Å². The van der Waals surface area contributed by atoms with E-state index in [-0.39, 0.29) is 12.2 Å². The predicted octanol–water partition coefficient (Wildman–Crippen LogP) is 4.05. The standard InChI is InChI=1S/C18H14N2O4S/c1-2-11-8-17(21)23-14-9-12(5-6-13(11)14)22-10-16-19-18(24-20-16)15-4-3-7-25-15/h3-9H,2,10H2,1H3. The lowest BCUT2D eigenvalue weighted by molar-refractivity contribution is 0.287. The van der Waals surface area contributed by atoms with Gasteiger partial charge in [-0.2, -0.15) is 4.98 Å². The Labute approximate surface area is 146 Å². The van der Waals surface area contributed by atoms with Gasteiger partial charge in [0.25, 0.3) is 5.89 Å². The van der Waals surface area contributed by atoms with Gasteiger partial charge >= 0.3 is 5.63 Å². The topological polar surface area (TPSA) is 78.4 Å². The van der Waals surface area contributed by atoms with E-state index in [1.54, 1.807) is 6.07 Å². The lowest BCUT2D eigenvalue weighted by Gasteiger charge is -2.06. The number of thiophene rings is 1. The number of nitrogens with zero attached hydrogens (tertiary/aromatic N) is 2. The van der Waals surface area contributed by atoms with Crippen molar-refractivity contribution in [1.82, 2.24) is 10.1 Å². The summed E-state index contributed by atoms with van der Waals surface area (Å²) in [5, 5.41) is 6.77. The van der Waals surface area contributed by atoms with Crippen molar-refractivity contribution >= 4 is 22.3 Å². The van der Waals surface area contributed by atoms with Crippen LogP contribution in [0.2, 0.25) is 0 Å². The summed E-state index contributed by atoms with van der Waals surface area (Å²) in [6.07, 6.45) is 0.761. The van der Waals surface area contributed by atoms with E-state index >= 15 is 0 Å². The van der Waals surface area contributed by atoms with E-state index in [1.165, 1.54) is 17.4 Å². The van der Waals surface area contributed by atoms with Gasteiger partial charge < -0.3 is 13.7 Å². The van der Waals surface area contributed by atoms with Crippen LogP contribution < -0.4 is 10.4 Å². The maximum Gasteiger partial charge on any atom is 0.336 e. The maximum atomic E-state index is 11.6. The number of benzene rings is 1. The predicted molar refractivity (Wildman–Crippen MR) is 93.8 cm³/mol. The summed E-state index contributed by atoms with van der Waals surface area (Å²) in [6.45, 7) is 2.16. The minimum Gasteiger partial charge on any atom is -0.485 e. The summed E-state index contributed by atoms with van der Waals surface area (Å²) < 4.78 is 16.2. The van der Waals surface area contributed by atoms with Gasteiger partial charge in [0, 0.05) is 17.5 Å². The monoisotopic (exact) mass is 354 g/mol. The molecular weight excluding hydrogens is 340 g/mol. The highest BCUT2D eigenvalue weighted by atomic mass is 32.1. The highest BCUT2D eigenvalue weighted by Gasteiger charge is 2.11. The van der Waals surface area contributed by atoms with Crippen molar-refractivity contribution in [2.75, 3.05) is 0 Å². The Morgan fingerprint density at radius 1 is 1.24 bits per heavy atom. The van der Waals surface area contributed by atoms with Crippen LogP contribution in [0, 0.1) is 0 Å². The van der Waals surface area contributed by atoms with Crippen molar-refractivity contribution in [2.45, 2.75) is 20.0 Å². The molecule has 0 aliphatic heterocycles. The molecule has 0 fully saturated rings. The normalized spacial score (nSPS) is 11.1. The number of ether oxygens (including phenoxy) is 1. The molecule has 0 aliphatic rings. The van der Waals surface area contributed by atoms with Gasteiger partial charge in [0.15, 0.2) is 6.61 Å². The van der Waals surface area contributed by atoms with E-state index in [2.05, 4.69) is 10.1 Å². The zero-order valence-electron chi connectivity index (χ0n) is 13.4. The fraction of sp³-hybridized carbons (Fsp3) is 0.167. The summed E-state index contributed by atoms with van der Waals surface area (Å²) in [5.74, 6) is 1.50. The zero-order chi connectivity index (χ0) is 17.2. The van der Waals surface area contributed by atoms with Crippen molar-refractivity contribution in [3.8, 4) is 16.5 Å². The van der Waals surface area contributed by atoms with Gasteiger partial charge in [-0.15, -0.1) is 11.3 Å². The van der Waals surface area contributed by atoms with Crippen LogP contribution >= 0.6 is 11.3 Å². The Kier molecular flexibility index (Phi) is 4.07. The molecule has 0 spiro atoms. The third-order valence-electron chi connectivity index (χ3n) is 3.75. The van der Waals surface area contributed by atoms with Crippen LogP contribution in [-0.4, -0.2) is 10.1 Å². The number of rotatable bonds is 5. The van der Waals surface area contributed by atoms with Crippen LogP contribution in [-0.2, 0) is 13.0 Å². The SMILES string of the molecule is CCc1cc(=O)oc2cc(OCc3noc(-c4cccs4)n3)ccc12. The van der Waals surface area contributed by atoms with Gasteiger partial charge in [-0.25, -0.2) is 4.79 Å². The molecule has 6 nitrogen and oxygen atoms in total. The Bertz CT molecular complexity index is 1070. The number of aryl methyl sites for hydroxylation is 1. The Morgan fingerprint density at radius 2 is 2.16 bits per heavy atom. The van der Waals surface area contributed by atoms with Crippen LogP contribution in [0.1, 0.15) is 18.3 Å². The molecule has 0 saturated carbocycles. The summed E-state index contributed by atoms with van der Waals surface area (Å²) in [4.78, 5) is 16.9. The fourth-order valence-corrected chi connectivity index (χ4v) is 3.20. The molecule has 1 aromatic carbocycles. The Morgan fingerprint density at radius 3 is 2.96 bits per heavy atom. The van der Waals surface area contributed by atoms with Crippen molar-refractivity contribution in [2.24, 2.45) is 0 Å². The molecule has 3 heterocycles. The van der Waals surface area contributed by atoms with Crippen LogP contribution in [0.5, 0.6) is 5.75 Å². The molecule has 0 atom stereocenters. The molecule has 4 rings (SSSR count). The smallest absolute Gasteiger partial charge is 0.336 e. The summed E-state index contributed by atoms with van der Waals surface area (Å²) in [6, 6.07) is 10.8. The Balaban J connectivity index is 1.54. The quantitative estimate of drug-likeness (QED) is 0.503. The maximum absolute atomic E-state index is 11.6. The highest BCUT2D eigenvalue weighted by Crippen LogP contribution is 2.25. The number of aromatic nitrogens is 2. The van der Waals surface area contributed by atoms with Crippen LogP contribution in [0.3, 0.4) is 0 Å². The fourth-order valence-electron chi connectivity index (χ4n) is 2.55. The molecule has 0 bridgehead atoms. The number of hydrogen-bond donors (Lipinski definition) is 0. The van der Waals surface area contributed by atoms with E-state index in [0.29, 0.717) is 23.0 Å². The second kappa shape index (κ2) is 6.52. The first-order valence-electron chi connectivity index (χ1n) is 7.79. The van der Waals surface area contributed by atoms with Crippen molar-refractivity contribution in [3.63, 3.8) is 0 Å². The van der Waals surface area contributed by atoms with Crippen molar-refractivity contribution in [3.05, 3.63) is 63.6 Å². The largest absolute Gasteiger partial charge is 0.485 e. The second-order valence-electron chi connectivity index (χ2n) is 5.38. The minimum absolute atomic E-state index is 0.165. The first kappa shape index (κ1) is 15.6. The molecular formula is C18H14N2O4S. The molecule has 0 aliphatic carbocycles. The van der Waals surface area contributed by atoms with Gasteiger partial charge in [-0.1, -0.05) is 18.1 Å². The third-order valence-corrected chi connectivity index (χ3v) is 4.61. The molecule has 0 unspecified atom stereocenters. The summed E-state index contributed by atoms with van der Waals surface area (Å²) in [5.41, 5.74) is 1.10. The van der Waals surface area contributed by atoms with Crippen molar-refractivity contribution in [1.29, 1.82) is 0 Å². The van der Waals surface area contributed by atoms with Gasteiger partial charge in [0.1, 0.15) is 11.3 Å². The molecule has 0 amide bonds. The Hall–Kier alpha value is -2.93. The molecule has 0 saturated heterocycles. The van der Waals surface area contributed by atoms with Crippen LogP contribution in [0.4, 0.5) is 0 Å². The zero-order valence-corrected chi connectivity index (χ0v) is 14.2. The lowest BCUT2D eigenvalue weighted by Crippen LogP contribution is -2.01. The summed E-state index contributed by atoms with van der Waals surface area (Å²) >= 11 is 1.53. The van der Waals surface area contributed by atoms with Gasteiger partial charge in [0.2, 0.25) is 5.82 Å². The van der Waals surface area contributed by atoms with Crippen LogP contribution in [0.25, 0.3) is 21.7 Å². The van der Waals surface area contributed by atoms with E-state index in [9.17, 15) is 4.79 Å². The van der Waals surface area contributed by atoms with E-state index in [0.717, 1.165) is 22.2 Å². The molecule has 7 heteroatoms. The molecule has 0 N–H and O–H groups in total. The number of hydrogen-bond acceptors (Lipinski definition) is 7. The van der Waals surface area contributed by atoms with E-state index in [4.69, 9.17) is 13.7 Å². The molecule has 126 valence electrons. The van der Waals surface area contributed by atoms with Crippen molar-refractivity contribution < 1.29 is 13.7 Å². The highest BCUT2D eigenvalue weighted by molar-refractivity contribution is 7.13. The second-order valence-corrected chi connectivity index (χ2v) is 6.33. The molecule has 4 aromatic rings. The first-order chi connectivity index (χ1) is 12.2. The average Bonchev–Trinajstić information content (AvgIpc) is 3.30. The lowest BCUT2D eigenvalue weighted by atomic mass is 10.1. The first-order valence-corrected chi connectivity index (χ1v) is 8.67. The third kappa shape index (κ3) is 3.18. The van der Waals surface area contributed by atoms with Crippen LogP contribution in [0.15, 0.2) is 55.5 Å². The average molecular weight is 354 g/mol. The van der Waals surface area contributed by atoms with Gasteiger partial charge in [-0.05, 0) is 35.6 Å². The molecule has 25 heavy (non-hydrogen) atoms. The van der Waals surface area contributed by atoms with E-state index in [1.807, 2.05) is 36.6 Å².